The molecule has 0 aliphatic heterocycles. The van der Waals surface area contributed by atoms with Crippen molar-refractivity contribution in [2.75, 3.05) is 24.5 Å². The number of pyridine rings is 1. The number of hydrogen-bond donors (Lipinski definition) is 1. The van der Waals surface area contributed by atoms with E-state index in [4.69, 9.17) is 11.6 Å². The smallest absolute Gasteiger partial charge is 0.147 e. The van der Waals surface area contributed by atoms with Gasteiger partial charge in [-0.3, -0.25) is 0 Å². The van der Waals surface area contributed by atoms with Crippen LogP contribution < -0.4 is 10.2 Å². The Hall–Kier alpha value is -1.06. The lowest BCUT2D eigenvalue weighted by Gasteiger charge is -2.23. The molecule has 4 heteroatoms. The quantitative estimate of drug-likeness (QED) is 0.738. The molecule has 1 aromatic rings. The van der Waals surface area contributed by atoms with Gasteiger partial charge in [0.2, 0.25) is 0 Å². The molecule has 1 heterocycles. The van der Waals surface area contributed by atoms with Crippen LogP contribution in [0.5, 0.6) is 0 Å². The summed E-state index contributed by atoms with van der Waals surface area (Å²) in [5.41, 5.74) is 2.22. The van der Waals surface area contributed by atoms with Gasteiger partial charge in [0.05, 0.1) is 5.02 Å². The molecular weight excluding hydrogens is 270 g/mol. The van der Waals surface area contributed by atoms with Gasteiger partial charge < -0.3 is 10.2 Å². The normalized spacial score (nSPS) is 10.9. The predicted octanol–water partition coefficient (Wildman–Crippen LogP) is 3.88. The third-order valence-electron chi connectivity index (χ3n) is 2.90. The highest BCUT2D eigenvalue weighted by Crippen LogP contribution is 2.24. The van der Waals surface area contributed by atoms with E-state index in [-0.39, 0.29) is 0 Å². The van der Waals surface area contributed by atoms with E-state index in [0.29, 0.717) is 10.9 Å². The maximum absolute atomic E-state index is 6.37. The van der Waals surface area contributed by atoms with E-state index < -0.39 is 0 Å². The lowest BCUT2D eigenvalue weighted by Crippen LogP contribution is -2.26. The molecule has 1 rings (SSSR count). The van der Waals surface area contributed by atoms with Gasteiger partial charge in [-0.05, 0) is 37.9 Å². The minimum Gasteiger partial charge on any atom is -0.352 e. The molecule has 0 atom stereocenters. The monoisotopic (exact) mass is 295 g/mol. The second kappa shape index (κ2) is 8.28. The molecule has 0 unspecified atom stereocenters. The summed E-state index contributed by atoms with van der Waals surface area (Å²) < 4.78 is 0. The number of anilines is 1. The zero-order valence-electron chi connectivity index (χ0n) is 13.0. The lowest BCUT2D eigenvalue weighted by molar-refractivity contribution is 0.552. The number of halogens is 1. The zero-order valence-corrected chi connectivity index (χ0v) is 13.8. The fourth-order valence-corrected chi connectivity index (χ4v) is 2.28. The highest BCUT2D eigenvalue weighted by molar-refractivity contribution is 6.33. The standard InChI is InChI=1S/C16H26ClN3/c1-6-20(11-13(4)5)16-15(17)7-14(10-19-16)9-18-8-12(2)3/h7,10,12,18H,4,6,8-9,11H2,1-3,5H3. The first-order valence-electron chi connectivity index (χ1n) is 7.18. The zero-order chi connectivity index (χ0) is 15.1. The number of hydrogen-bond acceptors (Lipinski definition) is 3. The number of aromatic nitrogens is 1. The molecule has 3 nitrogen and oxygen atoms in total. The van der Waals surface area contributed by atoms with Crippen molar-refractivity contribution in [3.05, 3.63) is 35.0 Å². The summed E-state index contributed by atoms with van der Waals surface area (Å²) >= 11 is 6.37. The molecule has 1 aromatic heterocycles. The fourth-order valence-electron chi connectivity index (χ4n) is 1.97. The van der Waals surface area contributed by atoms with Gasteiger partial charge in [0.25, 0.3) is 0 Å². The van der Waals surface area contributed by atoms with E-state index in [0.717, 1.165) is 43.1 Å². The molecule has 0 radical (unpaired) electrons. The van der Waals surface area contributed by atoms with Crippen LogP contribution in [0.1, 0.15) is 33.3 Å². The number of rotatable bonds is 8. The topological polar surface area (TPSA) is 28.2 Å². The molecule has 0 aliphatic carbocycles. The van der Waals surface area contributed by atoms with Crippen LogP contribution in [-0.4, -0.2) is 24.6 Å². The highest BCUT2D eigenvalue weighted by atomic mass is 35.5. The molecule has 0 saturated carbocycles. The van der Waals surface area contributed by atoms with Gasteiger partial charge in [-0.2, -0.15) is 0 Å². The minimum atomic E-state index is 0.642. The Morgan fingerprint density at radius 1 is 1.50 bits per heavy atom. The maximum atomic E-state index is 6.37. The van der Waals surface area contributed by atoms with E-state index in [1.807, 2.05) is 19.2 Å². The van der Waals surface area contributed by atoms with Crippen molar-refractivity contribution in [2.24, 2.45) is 5.92 Å². The highest BCUT2D eigenvalue weighted by Gasteiger charge is 2.11. The predicted molar refractivity (Wildman–Crippen MR) is 88.5 cm³/mol. The summed E-state index contributed by atoms with van der Waals surface area (Å²) in [5.74, 6) is 1.48. The van der Waals surface area contributed by atoms with Crippen LogP contribution in [0, 0.1) is 5.92 Å². The van der Waals surface area contributed by atoms with Gasteiger partial charge in [-0.15, -0.1) is 0 Å². The number of nitrogens with one attached hydrogen (secondary N) is 1. The summed E-state index contributed by atoms with van der Waals surface area (Å²) in [4.78, 5) is 6.65. The Bertz CT molecular complexity index is 443. The van der Waals surface area contributed by atoms with Gasteiger partial charge in [-0.25, -0.2) is 4.98 Å². The summed E-state index contributed by atoms with van der Waals surface area (Å²) in [7, 11) is 0. The van der Waals surface area contributed by atoms with E-state index in [9.17, 15) is 0 Å². The van der Waals surface area contributed by atoms with E-state index in [1.54, 1.807) is 0 Å². The van der Waals surface area contributed by atoms with Crippen molar-refractivity contribution in [1.82, 2.24) is 10.3 Å². The van der Waals surface area contributed by atoms with E-state index >= 15 is 0 Å². The Kier molecular flexibility index (Phi) is 7.03. The average Bonchev–Trinajstić information content (AvgIpc) is 2.36. The van der Waals surface area contributed by atoms with Gasteiger partial charge in [0.15, 0.2) is 0 Å². The molecule has 20 heavy (non-hydrogen) atoms. The third kappa shape index (κ3) is 5.51. The van der Waals surface area contributed by atoms with E-state index in [1.165, 1.54) is 0 Å². The second-order valence-electron chi connectivity index (χ2n) is 5.65. The van der Waals surface area contributed by atoms with Crippen LogP contribution in [0.25, 0.3) is 0 Å². The summed E-state index contributed by atoms with van der Waals surface area (Å²) in [6.45, 7) is 15.9. The number of nitrogens with zero attached hydrogens (tertiary/aromatic N) is 2. The molecule has 0 aromatic carbocycles. The van der Waals surface area contributed by atoms with Gasteiger partial charge in [0, 0.05) is 25.8 Å². The Morgan fingerprint density at radius 3 is 2.70 bits per heavy atom. The summed E-state index contributed by atoms with van der Waals surface area (Å²) in [6, 6.07) is 2.00. The number of likely N-dealkylation sites (N-methyl/N-ethyl adjacent to an activating group) is 1. The van der Waals surface area contributed by atoms with Crippen molar-refractivity contribution < 1.29 is 0 Å². The van der Waals surface area contributed by atoms with Crippen molar-refractivity contribution in [3.8, 4) is 0 Å². The summed E-state index contributed by atoms with van der Waals surface area (Å²) in [5, 5.41) is 4.10. The molecule has 0 aliphatic rings. The van der Waals surface area contributed by atoms with Crippen LogP contribution in [0.4, 0.5) is 5.82 Å². The molecule has 1 N–H and O–H groups in total. The largest absolute Gasteiger partial charge is 0.352 e. The molecule has 0 fully saturated rings. The van der Waals surface area contributed by atoms with Crippen molar-refractivity contribution >= 4 is 17.4 Å². The van der Waals surface area contributed by atoms with Crippen LogP contribution >= 0.6 is 11.6 Å². The summed E-state index contributed by atoms with van der Waals surface area (Å²) in [6.07, 6.45) is 1.90. The molecule has 0 bridgehead atoms. The third-order valence-corrected chi connectivity index (χ3v) is 3.18. The van der Waals surface area contributed by atoms with Crippen LogP contribution in [0.3, 0.4) is 0 Å². The molecular formula is C16H26ClN3. The SMILES string of the molecule is C=C(C)CN(CC)c1ncc(CNCC(C)C)cc1Cl. The van der Waals surface area contributed by atoms with Gasteiger partial charge in [0.1, 0.15) is 5.82 Å². The first kappa shape index (κ1) is 17.0. The molecule has 0 spiro atoms. The lowest BCUT2D eigenvalue weighted by atomic mass is 10.2. The Balaban J connectivity index is 2.73. The second-order valence-corrected chi connectivity index (χ2v) is 6.05. The molecule has 0 saturated heterocycles. The van der Waals surface area contributed by atoms with Crippen LogP contribution in [-0.2, 0) is 6.54 Å². The first-order valence-corrected chi connectivity index (χ1v) is 7.56. The van der Waals surface area contributed by atoms with Crippen LogP contribution in [0.15, 0.2) is 24.4 Å². The first-order chi connectivity index (χ1) is 9.43. The Morgan fingerprint density at radius 2 is 2.20 bits per heavy atom. The Labute approximate surface area is 128 Å². The fraction of sp³-hybridized carbons (Fsp3) is 0.562. The average molecular weight is 296 g/mol. The molecule has 112 valence electrons. The van der Waals surface area contributed by atoms with Crippen molar-refractivity contribution in [2.45, 2.75) is 34.2 Å². The maximum Gasteiger partial charge on any atom is 0.147 e. The minimum absolute atomic E-state index is 0.642. The van der Waals surface area contributed by atoms with Crippen molar-refractivity contribution in [1.29, 1.82) is 0 Å². The van der Waals surface area contributed by atoms with Crippen molar-refractivity contribution in [3.63, 3.8) is 0 Å². The van der Waals surface area contributed by atoms with Gasteiger partial charge >= 0.3 is 0 Å². The van der Waals surface area contributed by atoms with E-state index in [2.05, 4.69) is 42.6 Å². The van der Waals surface area contributed by atoms with Crippen LogP contribution in [0.2, 0.25) is 5.02 Å². The van der Waals surface area contributed by atoms with Gasteiger partial charge in [-0.1, -0.05) is 37.6 Å². The molecule has 0 amide bonds.